The minimum absolute atomic E-state index is 0.726. The Bertz CT molecular complexity index is 235. The first-order chi connectivity index (χ1) is 5.83. The van der Waals surface area contributed by atoms with Crippen LogP contribution in [0.15, 0.2) is 24.3 Å². The number of benzene rings is 1. The molecule has 0 amide bonds. The lowest BCUT2D eigenvalue weighted by Gasteiger charge is -2.04. The lowest BCUT2D eigenvalue weighted by atomic mass is 10.3. The largest absolute Gasteiger partial charge is 0.494 e. The van der Waals surface area contributed by atoms with Gasteiger partial charge in [0.2, 0.25) is 0 Å². The van der Waals surface area contributed by atoms with Gasteiger partial charge in [-0.1, -0.05) is 31.0 Å². The van der Waals surface area contributed by atoms with Gasteiger partial charge in [-0.3, -0.25) is 0 Å². The lowest BCUT2D eigenvalue weighted by molar-refractivity contribution is 0.309. The van der Waals surface area contributed by atoms with Gasteiger partial charge in [-0.25, -0.2) is 0 Å². The van der Waals surface area contributed by atoms with Crippen molar-refractivity contribution in [3.63, 3.8) is 0 Å². The summed E-state index contributed by atoms with van der Waals surface area (Å²) in [5, 5.41) is 0.726. The van der Waals surface area contributed by atoms with E-state index in [1.54, 1.807) is 0 Å². The Labute approximate surface area is 78.3 Å². The second-order valence-corrected chi connectivity index (χ2v) is 3.10. The van der Waals surface area contributed by atoms with Crippen molar-refractivity contribution in [3.05, 3.63) is 29.3 Å². The molecule has 0 aliphatic heterocycles. The number of unbranched alkanes of at least 4 members (excludes halogenated alkanes) is 1. The zero-order valence-corrected chi connectivity index (χ0v) is 7.97. The minimum atomic E-state index is 0.726. The summed E-state index contributed by atoms with van der Waals surface area (Å²) in [4.78, 5) is 0. The molecule has 0 fully saturated rings. The smallest absolute Gasteiger partial charge is 0.120 e. The Morgan fingerprint density at radius 1 is 1.42 bits per heavy atom. The van der Waals surface area contributed by atoms with E-state index < -0.39 is 0 Å². The predicted octanol–water partition coefficient (Wildman–Crippen LogP) is 3.52. The van der Waals surface area contributed by atoms with Crippen molar-refractivity contribution in [1.82, 2.24) is 0 Å². The summed E-state index contributed by atoms with van der Waals surface area (Å²) in [6.07, 6.45) is 2.24. The SMILES string of the molecule is CCCCOc1cccc(Cl)c1. The summed E-state index contributed by atoms with van der Waals surface area (Å²) in [5.74, 6) is 0.857. The number of hydrogen-bond acceptors (Lipinski definition) is 1. The average Bonchev–Trinajstić information content (AvgIpc) is 2.05. The maximum atomic E-state index is 5.78. The Morgan fingerprint density at radius 2 is 2.25 bits per heavy atom. The maximum Gasteiger partial charge on any atom is 0.120 e. The minimum Gasteiger partial charge on any atom is -0.494 e. The second kappa shape index (κ2) is 5.04. The Balaban J connectivity index is 2.41. The summed E-state index contributed by atoms with van der Waals surface area (Å²) in [5.41, 5.74) is 0. The molecule has 0 aliphatic carbocycles. The highest BCUT2D eigenvalue weighted by Crippen LogP contribution is 2.17. The van der Waals surface area contributed by atoms with E-state index in [2.05, 4.69) is 6.92 Å². The summed E-state index contributed by atoms with van der Waals surface area (Å²) in [6.45, 7) is 2.91. The molecule has 0 heterocycles. The molecule has 0 aliphatic rings. The van der Waals surface area contributed by atoms with Crippen LogP contribution in [-0.4, -0.2) is 6.61 Å². The first-order valence-corrected chi connectivity index (χ1v) is 4.59. The third-order valence-electron chi connectivity index (χ3n) is 1.56. The fourth-order valence-corrected chi connectivity index (χ4v) is 1.07. The topological polar surface area (TPSA) is 9.23 Å². The number of ether oxygens (including phenoxy) is 1. The first kappa shape index (κ1) is 9.40. The standard InChI is InChI=1S/C10H13ClO/c1-2-3-7-12-10-6-4-5-9(11)8-10/h4-6,8H,2-3,7H2,1H3. The first-order valence-electron chi connectivity index (χ1n) is 4.21. The van der Waals surface area contributed by atoms with Crippen LogP contribution in [0.2, 0.25) is 5.02 Å². The highest BCUT2D eigenvalue weighted by molar-refractivity contribution is 6.30. The van der Waals surface area contributed by atoms with E-state index in [1.807, 2.05) is 24.3 Å². The van der Waals surface area contributed by atoms with Crippen LogP contribution < -0.4 is 4.74 Å². The van der Waals surface area contributed by atoms with Gasteiger partial charge in [0.1, 0.15) is 5.75 Å². The molecule has 66 valence electrons. The molecule has 0 unspecified atom stereocenters. The normalized spacial score (nSPS) is 9.83. The molecule has 0 aromatic heterocycles. The molecule has 0 radical (unpaired) electrons. The number of halogens is 1. The van der Waals surface area contributed by atoms with Crippen molar-refractivity contribution in [2.24, 2.45) is 0 Å². The van der Waals surface area contributed by atoms with Gasteiger partial charge in [0.25, 0.3) is 0 Å². The van der Waals surface area contributed by atoms with E-state index in [4.69, 9.17) is 16.3 Å². The van der Waals surface area contributed by atoms with Gasteiger partial charge in [-0.05, 0) is 24.6 Å². The third kappa shape index (κ3) is 3.14. The maximum absolute atomic E-state index is 5.78. The van der Waals surface area contributed by atoms with Crippen LogP contribution in [0, 0.1) is 0 Å². The van der Waals surface area contributed by atoms with E-state index >= 15 is 0 Å². The fraction of sp³-hybridized carbons (Fsp3) is 0.400. The van der Waals surface area contributed by atoms with Crippen molar-refractivity contribution in [1.29, 1.82) is 0 Å². The van der Waals surface area contributed by atoms with E-state index in [-0.39, 0.29) is 0 Å². The molecular formula is C10H13ClO. The molecular weight excluding hydrogens is 172 g/mol. The molecule has 0 bridgehead atoms. The van der Waals surface area contributed by atoms with Gasteiger partial charge in [0.15, 0.2) is 0 Å². The van der Waals surface area contributed by atoms with E-state index in [0.717, 1.165) is 30.2 Å². The van der Waals surface area contributed by atoms with Crippen molar-refractivity contribution in [2.45, 2.75) is 19.8 Å². The van der Waals surface area contributed by atoms with Gasteiger partial charge < -0.3 is 4.74 Å². The molecule has 0 atom stereocenters. The van der Waals surface area contributed by atoms with Crippen molar-refractivity contribution >= 4 is 11.6 Å². The highest BCUT2D eigenvalue weighted by Gasteiger charge is 1.93. The molecule has 1 aromatic carbocycles. The molecule has 0 N–H and O–H groups in total. The lowest BCUT2D eigenvalue weighted by Crippen LogP contribution is -1.95. The second-order valence-electron chi connectivity index (χ2n) is 2.66. The molecule has 12 heavy (non-hydrogen) atoms. The van der Waals surface area contributed by atoms with Crippen LogP contribution in [-0.2, 0) is 0 Å². The van der Waals surface area contributed by atoms with Gasteiger partial charge >= 0.3 is 0 Å². The van der Waals surface area contributed by atoms with Crippen LogP contribution in [0.4, 0.5) is 0 Å². The van der Waals surface area contributed by atoms with E-state index in [0.29, 0.717) is 0 Å². The van der Waals surface area contributed by atoms with Gasteiger partial charge in [0, 0.05) is 5.02 Å². The Kier molecular flexibility index (Phi) is 3.95. The average molecular weight is 185 g/mol. The fourth-order valence-electron chi connectivity index (χ4n) is 0.891. The van der Waals surface area contributed by atoms with E-state index in [1.165, 1.54) is 0 Å². The molecule has 2 heteroatoms. The van der Waals surface area contributed by atoms with Gasteiger partial charge in [0.05, 0.1) is 6.61 Å². The quantitative estimate of drug-likeness (QED) is 0.651. The molecule has 0 saturated carbocycles. The van der Waals surface area contributed by atoms with Crippen LogP contribution in [0.3, 0.4) is 0 Å². The van der Waals surface area contributed by atoms with Crippen LogP contribution in [0.5, 0.6) is 5.75 Å². The Hall–Kier alpha value is -0.690. The van der Waals surface area contributed by atoms with Crippen LogP contribution in [0.1, 0.15) is 19.8 Å². The summed E-state index contributed by atoms with van der Waals surface area (Å²) in [6, 6.07) is 7.48. The number of hydrogen-bond donors (Lipinski definition) is 0. The van der Waals surface area contributed by atoms with Crippen molar-refractivity contribution in [3.8, 4) is 5.75 Å². The summed E-state index contributed by atoms with van der Waals surface area (Å²) < 4.78 is 5.44. The summed E-state index contributed by atoms with van der Waals surface area (Å²) >= 11 is 5.78. The number of rotatable bonds is 4. The molecule has 1 nitrogen and oxygen atoms in total. The van der Waals surface area contributed by atoms with Crippen molar-refractivity contribution < 1.29 is 4.74 Å². The molecule has 1 rings (SSSR count). The monoisotopic (exact) mass is 184 g/mol. The zero-order chi connectivity index (χ0) is 8.81. The van der Waals surface area contributed by atoms with Crippen molar-refractivity contribution in [2.75, 3.05) is 6.61 Å². The molecule has 0 spiro atoms. The van der Waals surface area contributed by atoms with E-state index in [9.17, 15) is 0 Å². The highest BCUT2D eigenvalue weighted by atomic mass is 35.5. The predicted molar refractivity (Wildman–Crippen MR) is 51.9 cm³/mol. The molecule has 1 aromatic rings. The van der Waals surface area contributed by atoms with Crippen LogP contribution in [0.25, 0.3) is 0 Å². The Morgan fingerprint density at radius 3 is 2.92 bits per heavy atom. The van der Waals surface area contributed by atoms with Crippen LogP contribution >= 0.6 is 11.6 Å². The zero-order valence-electron chi connectivity index (χ0n) is 7.22. The summed E-state index contributed by atoms with van der Waals surface area (Å²) in [7, 11) is 0. The molecule has 0 saturated heterocycles. The van der Waals surface area contributed by atoms with Gasteiger partial charge in [-0.15, -0.1) is 0 Å². The van der Waals surface area contributed by atoms with Gasteiger partial charge in [-0.2, -0.15) is 0 Å². The third-order valence-corrected chi connectivity index (χ3v) is 1.80.